The summed E-state index contributed by atoms with van der Waals surface area (Å²) in [6.07, 6.45) is 3.15. The Bertz CT molecular complexity index is 597. The standard InChI is InChI=1S/C14H14INO3/c1-10-3-4-12(18-10)9-16(2)14(17)8-6-11-5-7-13(15)19-11/h3-8H,9H2,1-2H3/b8-6+. The smallest absolute Gasteiger partial charge is 0.246 e. The fraction of sp³-hybridized carbons (Fsp3) is 0.214. The minimum Gasteiger partial charge on any atom is -0.464 e. The van der Waals surface area contributed by atoms with Crippen molar-refractivity contribution in [3.05, 3.63) is 51.4 Å². The van der Waals surface area contributed by atoms with Gasteiger partial charge in [0.25, 0.3) is 0 Å². The van der Waals surface area contributed by atoms with Gasteiger partial charge < -0.3 is 13.7 Å². The summed E-state index contributed by atoms with van der Waals surface area (Å²) in [5.41, 5.74) is 0. The molecular weight excluding hydrogens is 357 g/mol. The van der Waals surface area contributed by atoms with Crippen LogP contribution in [-0.2, 0) is 11.3 Å². The van der Waals surface area contributed by atoms with Gasteiger partial charge in [0.15, 0.2) is 3.77 Å². The Morgan fingerprint density at radius 1 is 1.32 bits per heavy atom. The SMILES string of the molecule is Cc1ccc(CN(C)C(=O)/C=C/c2ccc(I)o2)o1. The third-order valence-corrected chi connectivity index (χ3v) is 3.13. The van der Waals surface area contributed by atoms with E-state index < -0.39 is 0 Å². The first kappa shape index (κ1) is 13.9. The summed E-state index contributed by atoms with van der Waals surface area (Å²) in [6.45, 7) is 2.33. The maximum absolute atomic E-state index is 11.9. The zero-order chi connectivity index (χ0) is 13.8. The van der Waals surface area contributed by atoms with Crippen molar-refractivity contribution in [3.8, 4) is 0 Å². The van der Waals surface area contributed by atoms with Crippen LogP contribution in [0.3, 0.4) is 0 Å². The molecular formula is C14H14INO3. The Kier molecular flexibility index (Phi) is 4.47. The van der Waals surface area contributed by atoms with E-state index >= 15 is 0 Å². The molecule has 2 aromatic heterocycles. The van der Waals surface area contributed by atoms with Gasteiger partial charge >= 0.3 is 0 Å². The molecule has 0 aliphatic carbocycles. The van der Waals surface area contributed by atoms with Gasteiger partial charge in [0.1, 0.15) is 17.3 Å². The molecule has 2 heterocycles. The summed E-state index contributed by atoms with van der Waals surface area (Å²) < 4.78 is 11.6. The van der Waals surface area contributed by atoms with E-state index in [-0.39, 0.29) is 5.91 Å². The van der Waals surface area contributed by atoms with Crippen LogP contribution in [0.4, 0.5) is 0 Å². The first-order valence-corrected chi connectivity index (χ1v) is 6.86. The number of halogens is 1. The number of nitrogens with zero attached hydrogens (tertiary/aromatic N) is 1. The zero-order valence-corrected chi connectivity index (χ0v) is 12.9. The van der Waals surface area contributed by atoms with Crippen molar-refractivity contribution in [2.45, 2.75) is 13.5 Å². The monoisotopic (exact) mass is 371 g/mol. The van der Waals surface area contributed by atoms with Gasteiger partial charge in [-0.25, -0.2) is 0 Å². The second-order valence-corrected chi connectivity index (χ2v) is 5.25. The first-order chi connectivity index (χ1) is 9.04. The molecule has 0 N–H and O–H groups in total. The Balaban J connectivity index is 1.94. The lowest BCUT2D eigenvalue weighted by Gasteiger charge is -2.12. The fourth-order valence-corrected chi connectivity index (χ4v) is 2.01. The van der Waals surface area contributed by atoms with Gasteiger partial charge in [0.05, 0.1) is 6.54 Å². The molecule has 0 aliphatic heterocycles. The van der Waals surface area contributed by atoms with Gasteiger partial charge in [-0.15, -0.1) is 0 Å². The minimum absolute atomic E-state index is 0.0968. The number of aryl methyl sites for hydroxylation is 1. The van der Waals surface area contributed by atoms with Crippen LogP contribution in [0.1, 0.15) is 17.3 Å². The summed E-state index contributed by atoms with van der Waals surface area (Å²) in [6, 6.07) is 7.42. The lowest BCUT2D eigenvalue weighted by Crippen LogP contribution is -2.23. The van der Waals surface area contributed by atoms with Crippen molar-refractivity contribution in [2.75, 3.05) is 7.05 Å². The summed E-state index contributed by atoms with van der Waals surface area (Å²) in [4.78, 5) is 13.5. The molecule has 0 atom stereocenters. The number of carbonyl (C=O) groups excluding carboxylic acids is 1. The summed E-state index contributed by atoms with van der Waals surface area (Å²) in [5.74, 6) is 2.19. The van der Waals surface area contributed by atoms with E-state index in [0.29, 0.717) is 12.3 Å². The van der Waals surface area contributed by atoms with Crippen LogP contribution in [-0.4, -0.2) is 17.9 Å². The second kappa shape index (κ2) is 6.10. The molecule has 2 rings (SSSR count). The van der Waals surface area contributed by atoms with Crippen LogP contribution in [0.15, 0.2) is 39.2 Å². The normalized spacial score (nSPS) is 11.1. The number of carbonyl (C=O) groups is 1. The topological polar surface area (TPSA) is 46.6 Å². The maximum atomic E-state index is 11.9. The van der Waals surface area contributed by atoms with Crippen LogP contribution < -0.4 is 0 Å². The highest BCUT2D eigenvalue weighted by atomic mass is 127. The molecule has 0 spiro atoms. The average molecular weight is 371 g/mol. The Morgan fingerprint density at radius 2 is 2.11 bits per heavy atom. The molecule has 0 saturated carbocycles. The average Bonchev–Trinajstić information content (AvgIpc) is 2.95. The van der Waals surface area contributed by atoms with Gasteiger partial charge in [0.2, 0.25) is 5.91 Å². The molecule has 0 fully saturated rings. The maximum Gasteiger partial charge on any atom is 0.246 e. The van der Waals surface area contributed by atoms with Crippen molar-refractivity contribution >= 4 is 34.6 Å². The molecule has 100 valence electrons. The zero-order valence-electron chi connectivity index (χ0n) is 10.7. The van der Waals surface area contributed by atoms with Crippen molar-refractivity contribution in [1.29, 1.82) is 0 Å². The quantitative estimate of drug-likeness (QED) is 0.611. The molecule has 5 heteroatoms. The van der Waals surface area contributed by atoms with Gasteiger partial charge in [-0.2, -0.15) is 0 Å². The summed E-state index contributed by atoms with van der Waals surface area (Å²) in [7, 11) is 1.73. The lowest BCUT2D eigenvalue weighted by atomic mass is 10.3. The third-order valence-electron chi connectivity index (χ3n) is 2.55. The minimum atomic E-state index is -0.0968. The highest BCUT2D eigenvalue weighted by Gasteiger charge is 2.08. The van der Waals surface area contributed by atoms with E-state index in [1.807, 2.05) is 31.2 Å². The van der Waals surface area contributed by atoms with Crippen LogP contribution >= 0.6 is 22.6 Å². The van der Waals surface area contributed by atoms with Crippen molar-refractivity contribution in [3.63, 3.8) is 0 Å². The lowest BCUT2D eigenvalue weighted by molar-refractivity contribution is -0.125. The molecule has 0 radical (unpaired) electrons. The van der Waals surface area contributed by atoms with Crippen molar-refractivity contribution < 1.29 is 13.6 Å². The molecule has 0 unspecified atom stereocenters. The third kappa shape index (κ3) is 3.99. The number of hydrogen-bond acceptors (Lipinski definition) is 3. The fourth-order valence-electron chi connectivity index (χ4n) is 1.58. The molecule has 0 aromatic carbocycles. The number of likely N-dealkylation sites (N-methyl/N-ethyl adjacent to an activating group) is 1. The van der Waals surface area contributed by atoms with Gasteiger partial charge in [-0.1, -0.05) is 0 Å². The van der Waals surface area contributed by atoms with Crippen molar-refractivity contribution in [2.24, 2.45) is 0 Å². The van der Waals surface area contributed by atoms with Gasteiger partial charge in [0, 0.05) is 13.1 Å². The summed E-state index contributed by atoms with van der Waals surface area (Å²) >= 11 is 2.08. The molecule has 19 heavy (non-hydrogen) atoms. The van der Waals surface area contributed by atoms with Crippen LogP contribution in [0.25, 0.3) is 6.08 Å². The Morgan fingerprint density at radius 3 is 2.68 bits per heavy atom. The van der Waals surface area contributed by atoms with Crippen molar-refractivity contribution in [1.82, 2.24) is 4.90 Å². The second-order valence-electron chi connectivity index (χ2n) is 4.18. The predicted molar refractivity (Wildman–Crippen MR) is 80.4 cm³/mol. The van der Waals surface area contributed by atoms with E-state index in [1.54, 1.807) is 18.0 Å². The number of hydrogen-bond donors (Lipinski definition) is 0. The number of amides is 1. The highest BCUT2D eigenvalue weighted by molar-refractivity contribution is 14.1. The largest absolute Gasteiger partial charge is 0.464 e. The highest BCUT2D eigenvalue weighted by Crippen LogP contribution is 2.12. The summed E-state index contributed by atoms with van der Waals surface area (Å²) in [5, 5.41) is 0. The Labute approximate surface area is 125 Å². The molecule has 0 aliphatic rings. The Hall–Kier alpha value is -1.50. The molecule has 0 saturated heterocycles. The number of rotatable bonds is 4. The van der Waals surface area contributed by atoms with E-state index in [9.17, 15) is 4.79 Å². The van der Waals surface area contributed by atoms with E-state index in [2.05, 4.69) is 22.6 Å². The molecule has 2 aromatic rings. The van der Waals surface area contributed by atoms with Gasteiger partial charge in [-0.05, 0) is 59.9 Å². The number of furan rings is 2. The predicted octanol–water partition coefficient (Wildman–Crippen LogP) is 3.46. The van der Waals surface area contributed by atoms with E-state index in [0.717, 1.165) is 15.3 Å². The van der Waals surface area contributed by atoms with Crippen LogP contribution in [0.5, 0.6) is 0 Å². The van der Waals surface area contributed by atoms with Crippen LogP contribution in [0.2, 0.25) is 0 Å². The molecule has 4 nitrogen and oxygen atoms in total. The van der Waals surface area contributed by atoms with E-state index in [4.69, 9.17) is 8.83 Å². The van der Waals surface area contributed by atoms with E-state index in [1.165, 1.54) is 6.08 Å². The van der Waals surface area contributed by atoms with Gasteiger partial charge in [-0.3, -0.25) is 4.79 Å². The first-order valence-electron chi connectivity index (χ1n) is 5.78. The van der Waals surface area contributed by atoms with Crippen LogP contribution in [0, 0.1) is 10.7 Å². The molecule has 0 bridgehead atoms. The molecule has 1 amide bonds.